The quantitative estimate of drug-likeness (QED) is 0.116. The van der Waals surface area contributed by atoms with Crippen molar-refractivity contribution in [3.63, 3.8) is 0 Å². The SMILES string of the molecule is CCCNC(=O)Oc1nc(Cl)nc2c1ncn2[C@@H]1O[C@H](CO[Si](c2ccccc2)(c2ccccc2)C(C)(C)C)[C@@H](OC(=O)OC(C)(C)C)[C@@H]1F. The Labute approximate surface area is 296 Å². The van der Waals surface area contributed by atoms with Gasteiger partial charge in [-0.05, 0) is 54.2 Å². The van der Waals surface area contributed by atoms with E-state index in [2.05, 4.69) is 41.0 Å². The van der Waals surface area contributed by atoms with Crippen molar-refractivity contribution in [3.05, 3.63) is 72.3 Å². The first-order valence-corrected chi connectivity index (χ1v) is 18.7. The first-order valence-electron chi connectivity index (χ1n) is 16.4. The fourth-order valence-electron chi connectivity index (χ4n) is 6.02. The molecule has 15 heteroatoms. The van der Waals surface area contributed by atoms with Gasteiger partial charge in [-0.1, -0.05) is 88.4 Å². The van der Waals surface area contributed by atoms with Crippen LogP contribution in [0.2, 0.25) is 10.3 Å². The number of ether oxygens (including phenoxy) is 4. The zero-order valence-corrected chi connectivity index (χ0v) is 30.9. The van der Waals surface area contributed by atoms with Crippen LogP contribution in [0.3, 0.4) is 0 Å². The standard InChI is InChI=1S/C35H43ClFN5O7Si/c1-8-19-38-32(43)48-29-26-28(40-31(36)41-29)42(21-39-26)30-25(37)27(47-33(44)49-34(2,3)4)24(46-30)20-45-50(35(5,6)7,22-15-11-9-12-16-22)23-17-13-10-14-18-23/h9-18,21,24-25,27,30H,8,19-20H2,1-7H3,(H,38,43)/t24-,25+,27-,30-/m1/s1. The zero-order chi connectivity index (χ0) is 36.3. The molecule has 50 heavy (non-hydrogen) atoms. The average Bonchev–Trinajstić information content (AvgIpc) is 3.60. The lowest BCUT2D eigenvalue weighted by Crippen LogP contribution is -2.67. The number of rotatable bonds is 10. The number of carbonyl (C=O) groups excluding carboxylic acids is 2. The van der Waals surface area contributed by atoms with Gasteiger partial charge in [-0.25, -0.2) is 19.0 Å². The van der Waals surface area contributed by atoms with Crippen molar-refractivity contribution in [3.8, 4) is 5.88 Å². The van der Waals surface area contributed by atoms with Crippen molar-refractivity contribution < 1.29 is 37.4 Å². The van der Waals surface area contributed by atoms with Crippen molar-refractivity contribution in [2.24, 2.45) is 0 Å². The summed E-state index contributed by atoms with van der Waals surface area (Å²) in [6.07, 6.45) is -5.71. The van der Waals surface area contributed by atoms with Gasteiger partial charge in [-0.3, -0.25) is 4.57 Å². The summed E-state index contributed by atoms with van der Waals surface area (Å²) in [7, 11) is -3.10. The topological polar surface area (TPSA) is 136 Å². The molecule has 0 spiro atoms. The molecule has 1 aliphatic heterocycles. The third-order valence-corrected chi connectivity index (χ3v) is 13.3. The lowest BCUT2D eigenvalue weighted by molar-refractivity contribution is -0.0662. The Morgan fingerprint density at radius 1 is 1.00 bits per heavy atom. The van der Waals surface area contributed by atoms with Gasteiger partial charge in [-0.15, -0.1) is 0 Å². The number of carbonyl (C=O) groups is 2. The van der Waals surface area contributed by atoms with E-state index in [0.717, 1.165) is 10.4 Å². The minimum absolute atomic E-state index is 0.0421. The van der Waals surface area contributed by atoms with E-state index in [9.17, 15) is 9.59 Å². The highest BCUT2D eigenvalue weighted by molar-refractivity contribution is 6.99. The fraction of sp³-hybridized carbons (Fsp3) is 0.457. The molecular weight excluding hydrogens is 685 g/mol. The molecule has 3 heterocycles. The molecule has 0 radical (unpaired) electrons. The van der Waals surface area contributed by atoms with Gasteiger partial charge in [-0.2, -0.15) is 9.97 Å². The molecule has 1 amide bonds. The van der Waals surface area contributed by atoms with Crippen molar-refractivity contribution >= 4 is 53.7 Å². The summed E-state index contributed by atoms with van der Waals surface area (Å²) in [5.74, 6) is -0.214. The number of nitrogens with zero attached hydrogens (tertiary/aromatic N) is 4. The van der Waals surface area contributed by atoms with Crippen LogP contribution in [0.5, 0.6) is 5.88 Å². The van der Waals surface area contributed by atoms with Crippen LogP contribution in [0.1, 0.15) is 61.1 Å². The number of fused-ring (bicyclic) bond motifs is 1. The van der Waals surface area contributed by atoms with Crippen molar-refractivity contribution in [2.45, 2.75) is 90.1 Å². The van der Waals surface area contributed by atoms with Crippen LogP contribution in [-0.2, 0) is 18.6 Å². The molecule has 4 aromatic rings. The van der Waals surface area contributed by atoms with E-state index < -0.39 is 55.8 Å². The first kappa shape index (κ1) is 37.1. The number of benzene rings is 2. The van der Waals surface area contributed by atoms with E-state index in [1.807, 2.05) is 67.6 Å². The number of nitrogens with one attached hydrogen (secondary N) is 1. The lowest BCUT2D eigenvalue weighted by atomic mass is 10.1. The van der Waals surface area contributed by atoms with E-state index >= 15 is 4.39 Å². The van der Waals surface area contributed by atoms with Crippen LogP contribution < -0.4 is 20.4 Å². The maximum absolute atomic E-state index is 16.7. The number of imidazole rings is 1. The molecule has 0 unspecified atom stereocenters. The molecular formula is C35H43ClFN5O7Si. The lowest BCUT2D eigenvalue weighted by Gasteiger charge is -2.43. The molecule has 0 saturated carbocycles. The molecule has 4 atom stereocenters. The van der Waals surface area contributed by atoms with Gasteiger partial charge >= 0.3 is 12.2 Å². The Hall–Kier alpha value is -4.11. The molecule has 1 saturated heterocycles. The molecule has 5 rings (SSSR count). The largest absolute Gasteiger partial charge is 0.509 e. The highest BCUT2D eigenvalue weighted by atomic mass is 35.5. The summed E-state index contributed by atoms with van der Waals surface area (Å²) < 4.78 is 47.8. The second-order valence-electron chi connectivity index (χ2n) is 14.0. The van der Waals surface area contributed by atoms with E-state index in [1.54, 1.807) is 20.8 Å². The third kappa shape index (κ3) is 7.93. The van der Waals surface area contributed by atoms with Gasteiger partial charge in [0.25, 0.3) is 14.2 Å². The average molecular weight is 728 g/mol. The number of hydrogen-bond acceptors (Lipinski definition) is 10. The molecule has 2 aromatic heterocycles. The van der Waals surface area contributed by atoms with Gasteiger partial charge in [0.1, 0.15) is 11.7 Å². The van der Waals surface area contributed by atoms with Gasteiger partial charge in [0, 0.05) is 6.54 Å². The number of halogens is 2. The number of amides is 1. The van der Waals surface area contributed by atoms with Gasteiger partial charge in [0.2, 0.25) is 5.28 Å². The van der Waals surface area contributed by atoms with Crippen LogP contribution in [0.15, 0.2) is 67.0 Å². The smallest absolute Gasteiger partial charge is 0.429 e. The Kier molecular flexibility index (Phi) is 11.2. The fourth-order valence-corrected chi connectivity index (χ4v) is 10.7. The van der Waals surface area contributed by atoms with Crippen LogP contribution in [0, 0.1) is 0 Å². The second kappa shape index (κ2) is 15.0. The van der Waals surface area contributed by atoms with Crippen molar-refractivity contribution in [2.75, 3.05) is 13.2 Å². The van der Waals surface area contributed by atoms with E-state index in [1.165, 1.54) is 10.9 Å². The maximum atomic E-state index is 16.7. The Morgan fingerprint density at radius 2 is 1.62 bits per heavy atom. The summed E-state index contributed by atoms with van der Waals surface area (Å²) in [4.78, 5) is 37.8. The molecule has 1 aliphatic rings. The van der Waals surface area contributed by atoms with Gasteiger partial charge in [0.15, 0.2) is 29.7 Å². The van der Waals surface area contributed by atoms with Crippen LogP contribution in [0.25, 0.3) is 11.2 Å². The highest BCUT2D eigenvalue weighted by Crippen LogP contribution is 2.40. The molecule has 1 fully saturated rings. The molecule has 268 valence electrons. The predicted octanol–water partition coefficient (Wildman–Crippen LogP) is 6.11. The molecule has 12 nitrogen and oxygen atoms in total. The van der Waals surface area contributed by atoms with Crippen LogP contribution in [0.4, 0.5) is 14.0 Å². The van der Waals surface area contributed by atoms with Crippen molar-refractivity contribution in [1.29, 1.82) is 0 Å². The van der Waals surface area contributed by atoms with Crippen molar-refractivity contribution in [1.82, 2.24) is 24.8 Å². The summed E-state index contributed by atoms with van der Waals surface area (Å²) in [6, 6.07) is 19.9. The molecule has 2 aromatic carbocycles. The monoisotopic (exact) mass is 727 g/mol. The van der Waals surface area contributed by atoms with Gasteiger partial charge < -0.3 is 28.7 Å². The summed E-state index contributed by atoms with van der Waals surface area (Å²) in [5, 5.41) is 3.95. The molecule has 0 aliphatic carbocycles. The molecule has 1 N–H and O–H groups in total. The third-order valence-electron chi connectivity index (χ3n) is 8.11. The maximum Gasteiger partial charge on any atom is 0.509 e. The highest BCUT2D eigenvalue weighted by Gasteiger charge is 2.54. The minimum atomic E-state index is -3.10. The second-order valence-corrected chi connectivity index (χ2v) is 18.6. The Bertz CT molecular complexity index is 1750. The summed E-state index contributed by atoms with van der Waals surface area (Å²) in [6.45, 7) is 13.5. The predicted molar refractivity (Wildman–Crippen MR) is 188 cm³/mol. The Balaban J connectivity index is 1.53. The Morgan fingerprint density at radius 3 is 2.18 bits per heavy atom. The number of hydrogen-bond donors (Lipinski definition) is 1. The summed E-state index contributed by atoms with van der Waals surface area (Å²) in [5.41, 5.74) is -0.800. The van der Waals surface area contributed by atoms with Crippen LogP contribution >= 0.6 is 11.6 Å². The summed E-state index contributed by atoms with van der Waals surface area (Å²) >= 11 is 6.22. The minimum Gasteiger partial charge on any atom is -0.429 e. The van der Waals surface area contributed by atoms with Crippen LogP contribution in [-0.4, -0.2) is 77.2 Å². The number of alkyl halides is 1. The van der Waals surface area contributed by atoms with E-state index in [-0.39, 0.29) is 28.9 Å². The normalized spacial score (nSPS) is 19.7. The first-order chi connectivity index (χ1) is 23.6. The van der Waals surface area contributed by atoms with Gasteiger partial charge in [0.05, 0.1) is 12.9 Å². The van der Waals surface area contributed by atoms with E-state index in [0.29, 0.717) is 13.0 Å². The van der Waals surface area contributed by atoms with E-state index in [4.69, 9.17) is 35.0 Å². The molecule has 0 bridgehead atoms. The zero-order valence-electron chi connectivity index (χ0n) is 29.2. The number of aromatic nitrogens is 4.